The van der Waals surface area contributed by atoms with Crippen LogP contribution in [0.3, 0.4) is 0 Å². The second-order valence-electron chi connectivity index (χ2n) is 5.26. The molecule has 3 rings (SSSR count). The summed E-state index contributed by atoms with van der Waals surface area (Å²) in [4.78, 5) is 23.7. The number of hydrogen-bond donors (Lipinski definition) is 0. The smallest absolute Gasteiger partial charge is 0.310 e. The van der Waals surface area contributed by atoms with E-state index in [0.29, 0.717) is 11.8 Å². The number of esters is 2. The SMILES string of the molecule is C=CS(=O)(=O)OC1C2CC3C1OC(=O)C3C2C(=O)OC. The van der Waals surface area contributed by atoms with E-state index in [2.05, 4.69) is 6.58 Å². The van der Waals surface area contributed by atoms with Crippen LogP contribution in [0.25, 0.3) is 0 Å². The van der Waals surface area contributed by atoms with Crippen molar-refractivity contribution in [1.29, 1.82) is 0 Å². The average Bonchev–Trinajstić information content (AvgIpc) is 3.01. The lowest BCUT2D eigenvalue weighted by Crippen LogP contribution is -2.43. The molecule has 0 amide bonds. The number of hydrogen-bond acceptors (Lipinski definition) is 7. The number of rotatable bonds is 4. The van der Waals surface area contributed by atoms with Crippen LogP contribution < -0.4 is 0 Å². The van der Waals surface area contributed by atoms with E-state index in [0.717, 1.165) is 0 Å². The van der Waals surface area contributed by atoms with E-state index in [-0.39, 0.29) is 11.8 Å². The van der Waals surface area contributed by atoms with Crippen molar-refractivity contribution < 1.29 is 31.7 Å². The Balaban J connectivity index is 1.94. The molecular formula is C12H14O7S. The average molecular weight is 302 g/mol. The lowest BCUT2D eigenvalue weighted by atomic mass is 9.78. The number of carbonyl (C=O) groups excluding carboxylic acids is 2. The Labute approximate surface area is 116 Å². The van der Waals surface area contributed by atoms with Crippen LogP contribution in [-0.2, 0) is 33.4 Å². The highest BCUT2D eigenvalue weighted by Crippen LogP contribution is 2.59. The molecule has 2 aliphatic carbocycles. The van der Waals surface area contributed by atoms with Gasteiger partial charge in [-0.15, -0.1) is 0 Å². The van der Waals surface area contributed by atoms with Crippen LogP contribution in [0.1, 0.15) is 6.42 Å². The van der Waals surface area contributed by atoms with Gasteiger partial charge in [-0.2, -0.15) is 8.42 Å². The second kappa shape index (κ2) is 4.29. The van der Waals surface area contributed by atoms with Gasteiger partial charge in [-0.25, -0.2) is 0 Å². The van der Waals surface area contributed by atoms with Crippen molar-refractivity contribution in [2.75, 3.05) is 7.11 Å². The fraction of sp³-hybridized carbons (Fsp3) is 0.667. The van der Waals surface area contributed by atoms with Crippen molar-refractivity contribution in [1.82, 2.24) is 0 Å². The molecule has 2 saturated carbocycles. The molecule has 0 aromatic rings. The van der Waals surface area contributed by atoms with E-state index in [1.54, 1.807) is 0 Å². The van der Waals surface area contributed by atoms with Gasteiger partial charge in [0.15, 0.2) is 0 Å². The van der Waals surface area contributed by atoms with Crippen molar-refractivity contribution in [2.45, 2.75) is 18.6 Å². The summed E-state index contributed by atoms with van der Waals surface area (Å²) in [5.74, 6) is -2.79. The molecule has 2 bridgehead atoms. The van der Waals surface area contributed by atoms with Crippen LogP contribution in [0.4, 0.5) is 0 Å². The predicted octanol–water partition coefficient (Wildman–Crippen LogP) is -0.175. The van der Waals surface area contributed by atoms with E-state index in [1.165, 1.54) is 7.11 Å². The van der Waals surface area contributed by atoms with Gasteiger partial charge in [-0.05, 0) is 6.42 Å². The van der Waals surface area contributed by atoms with Gasteiger partial charge in [-0.3, -0.25) is 13.8 Å². The molecule has 3 aliphatic rings. The molecule has 7 nitrogen and oxygen atoms in total. The fourth-order valence-electron chi connectivity index (χ4n) is 3.77. The minimum atomic E-state index is -3.90. The number of carbonyl (C=O) groups is 2. The highest BCUT2D eigenvalue weighted by molar-refractivity contribution is 7.89. The normalized spacial score (nSPS) is 41.5. The van der Waals surface area contributed by atoms with Crippen LogP contribution in [0.15, 0.2) is 12.0 Å². The van der Waals surface area contributed by atoms with Gasteiger partial charge in [0.1, 0.15) is 12.2 Å². The van der Waals surface area contributed by atoms with E-state index >= 15 is 0 Å². The quantitative estimate of drug-likeness (QED) is 0.525. The first-order valence-electron chi connectivity index (χ1n) is 6.23. The maximum absolute atomic E-state index is 11.9. The van der Waals surface area contributed by atoms with Crippen molar-refractivity contribution >= 4 is 22.1 Å². The molecule has 0 radical (unpaired) electrons. The predicted molar refractivity (Wildman–Crippen MR) is 64.5 cm³/mol. The van der Waals surface area contributed by atoms with Crippen molar-refractivity contribution in [2.24, 2.45) is 23.7 Å². The number of ether oxygens (including phenoxy) is 2. The lowest BCUT2D eigenvalue weighted by molar-refractivity contribution is -0.153. The van der Waals surface area contributed by atoms with Crippen LogP contribution in [0.5, 0.6) is 0 Å². The zero-order valence-electron chi connectivity index (χ0n) is 10.7. The first-order valence-corrected chi connectivity index (χ1v) is 7.71. The molecule has 0 aromatic carbocycles. The molecule has 1 heterocycles. The molecule has 0 aromatic heterocycles. The Bertz CT molecular complexity index is 581. The monoisotopic (exact) mass is 302 g/mol. The Hall–Kier alpha value is -1.41. The number of methoxy groups -OCH3 is 1. The largest absolute Gasteiger partial charge is 0.469 e. The lowest BCUT2D eigenvalue weighted by Gasteiger charge is -2.29. The molecule has 8 heteroatoms. The Morgan fingerprint density at radius 3 is 2.75 bits per heavy atom. The third-order valence-corrected chi connectivity index (χ3v) is 5.37. The zero-order valence-corrected chi connectivity index (χ0v) is 11.5. The summed E-state index contributed by atoms with van der Waals surface area (Å²) < 4.78 is 38.0. The van der Waals surface area contributed by atoms with E-state index in [4.69, 9.17) is 13.7 Å². The van der Waals surface area contributed by atoms with Crippen molar-refractivity contribution in [3.63, 3.8) is 0 Å². The molecule has 6 unspecified atom stereocenters. The third kappa shape index (κ3) is 1.71. The summed E-state index contributed by atoms with van der Waals surface area (Å²) in [5, 5.41) is 0.695. The molecule has 20 heavy (non-hydrogen) atoms. The molecule has 6 atom stereocenters. The fourth-order valence-corrected chi connectivity index (χ4v) is 4.41. The Morgan fingerprint density at radius 2 is 2.15 bits per heavy atom. The molecule has 1 saturated heterocycles. The molecule has 1 aliphatic heterocycles. The Morgan fingerprint density at radius 1 is 1.45 bits per heavy atom. The molecule has 3 fully saturated rings. The summed E-state index contributed by atoms with van der Waals surface area (Å²) in [5.41, 5.74) is 0. The summed E-state index contributed by atoms with van der Waals surface area (Å²) in [6.07, 6.45) is -0.916. The summed E-state index contributed by atoms with van der Waals surface area (Å²) >= 11 is 0. The van der Waals surface area contributed by atoms with Crippen LogP contribution in [0, 0.1) is 23.7 Å². The highest BCUT2D eigenvalue weighted by Gasteiger charge is 2.70. The molecule has 0 N–H and O–H groups in total. The second-order valence-corrected chi connectivity index (χ2v) is 6.77. The minimum absolute atomic E-state index is 0.179. The Kier molecular flexibility index (Phi) is 2.91. The van der Waals surface area contributed by atoms with Crippen LogP contribution in [0.2, 0.25) is 0 Å². The topological polar surface area (TPSA) is 96.0 Å². The van der Waals surface area contributed by atoms with Gasteiger partial charge in [0.2, 0.25) is 0 Å². The van der Waals surface area contributed by atoms with E-state index in [9.17, 15) is 18.0 Å². The number of fused-ring (bicyclic) bond motifs is 1. The molecule has 110 valence electrons. The zero-order chi connectivity index (χ0) is 14.7. The molecular weight excluding hydrogens is 288 g/mol. The van der Waals surface area contributed by atoms with Gasteiger partial charge in [0.25, 0.3) is 10.1 Å². The molecule has 0 spiro atoms. The van der Waals surface area contributed by atoms with Crippen molar-refractivity contribution in [3.8, 4) is 0 Å². The van der Waals surface area contributed by atoms with Gasteiger partial charge < -0.3 is 9.47 Å². The standard InChI is InChI=1S/C12H14O7S/c1-3-20(15,16)19-10-6-4-5-8(7(6)11(13)17-2)12(14)18-9(5)10/h3,5-10H,1,4H2,2H3. The van der Waals surface area contributed by atoms with Gasteiger partial charge in [0.05, 0.1) is 24.4 Å². The van der Waals surface area contributed by atoms with Crippen molar-refractivity contribution in [3.05, 3.63) is 12.0 Å². The first-order chi connectivity index (χ1) is 9.39. The third-order valence-electron chi connectivity index (χ3n) is 4.47. The summed E-state index contributed by atoms with van der Waals surface area (Å²) in [6.45, 7) is 3.17. The van der Waals surface area contributed by atoms with Crippen LogP contribution >= 0.6 is 0 Å². The minimum Gasteiger partial charge on any atom is -0.469 e. The van der Waals surface area contributed by atoms with Gasteiger partial charge in [-0.1, -0.05) is 6.58 Å². The highest BCUT2D eigenvalue weighted by atomic mass is 32.2. The summed E-state index contributed by atoms with van der Waals surface area (Å²) in [7, 11) is -2.66. The van der Waals surface area contributed by atoms with Crippen LogP contribution in [-0.4, -0.2) is 39.7 Å². The van der Waals surface area contributed by atoms with E-state index < -0.39 is 46.1 Å². The van der Waals surface area contributed by atoms with E-state index in [1.807, 2.05) is 0 Å². The van der Waals surface area contributed by atoms with Gasteiger partial charge in [0, 0.05) is 11.8 Å². The first kappa shape index (κ1) is 13.6. The van der Waals surface area contributed by atoms with Gasteiger partial charge >= 0.3 is 11.9 Å². The maximum atomic E-state index is 11.9. The maximum Gasteiger partial charge on any atom is 0.310 e. The summed E-state index contributed by atoms with van der Waals surface area (Å²) in [6, 6.07) is 0.